The Morgan fingerprint density at radius 1 is 1.24 bits per heavy atom. The molecule has 1 aromatic rings. The maximum absolute atomic E-state index is 12.3. The third-order valence-corrected chi connectivity index (χ3v) is 4.64. The molecule has 1 saturated heterocycles. The van der Waals surface area contributed by atoms with Crippen molar-refractivity contribution in [3.63, 3.8) is 0 Å². The van der Waals surface area contributed by atoms with Crippen LogP contribution in [0.4, 0.5) is 10.5 Å². The van der Waals surface area contributed by atoms with Crippen molar-refractivity contribution < 1.29 is 9.59 Å². The summed E-state index contributed by atoms with van der Waals surface area (Å²) in [5, 5.41) is 5.93. The number of piperidine rings is 1. The molecular formula is C20H29N3O2. The van der Waals surface area contributed by atoms with Crippen LogP contribution in [0.1, 0.15) is 39.2 Å². The van der Waals surface area contributed by atoms with Gasteiger partial charge in [-0.05, 0) is 41.9 Å². The van der Waals surface area contributed by atoms with Gasteiger partial charge in [-0.3, -0.25) is 4.79 Å². The number of likely N-dealkylation sites (tertiary alicyclic amines) is 1. The van der Waals surface area contributed by atoms with Crippen LogP contribution in [-0.2, 0) is 10.2 Å². The molecule has 2 rings (SSSR count). The third-order valence-electron chi connectivity index (χ3n) is 4.64. The van der Waals surface area contributed by atoms with Gasteiger partial charge in [0.15, 0.2) is 0 Å². The fourth-order valence-electron chi connectivity index (χ4n) is 3.14. The van der Waals surface area contributed by atoms with Crippen molar-refractivity contribution >= 4 is 17.6 Å². The van der Waals surface area contributed by atoms with Crippen LogP contribution >= 0.6 is 0 Å². The standard InChI is InChI=1S/C20H29N3O2/c1-5-18(24)23-12-10-15(11-13-23)14-21-19(25)22-17-9-7-6-8-16(17)20(2,3)4/h5-9,15H,1,10-14H2,2-4H3,(H2,21,22,25). The first-order valence-corrected chi connectivity index (χ1v) is 8.87. The predicted molar refractivity (Wildman–Crippen MR) is 102 cm³/mol. The maximum atomic E-state index is 12.3. The number of hydrogen-bond donors (Lipinski definition) is 2. The lowest BCUT2D eigenvalue weighted by atomic mass is 9.86. The van der Waals surface area contributed by atoms with Gasteiger partial charge >= 0.3 is 6.03 Å². The highest BCUT2D eigenvalue weighted by molar-refractivity contribution is 5.90. The predicted octanol–water partition coefficient (Wildman–Crippen LogP) is 3.53. The number of hydrogen-bond acceptors (Lipinski definition) is 2. The summed E-state index contributed by atoms with van der Waals surface area (Å²) in [6, 6.07) is 7.71. The average Bonchev–Trinajstić information content (AvgIpc) is 2.59. The fourth-order valence-corrected chi connectivity index (χ4v) is 3.14. The van der Waals surface area contributed by atoms with Crippen molar-refractivity contribution in [3.05, 3.63) is 42.5 Å². The molecule has 25 heavy (non-hydrogen) atoms. The van der Waals surface area contributed by atoms with E-state index in [0.717, 1.165) is 37.2 Å². The van der Waals surface area contributed by atoms with Crippen LogP contribution in [0.25, 0.3) is 0 Å². The van der Waals surface area contributed by atoms with Gasteiger partial charge in [0.25, 0.3) is 0 Å². The van der Waals surface area contributed by atoms with Gasteiger partial charge in [-0.2, -0.15) is 0 Å². The van der Waals surface area contributed by atoms with E-state index in [0.29, 0.717) is 12.5 Å². The molecule has 1 aliphatic heterocycles. The minimum Gasteiger partial charge on any atom is -0.339 e. The van der Waals surface area contributed by atoms with Gasteiger partial charge < -0.3 is 15.5 Å². The van der Waals surface area contributed by atoms with Crippen molar-refractivity contribution in [3.8, 4) is 0 Å². The molecule has 1 aliphatic rings. The molecule has 0 bridgehead atoms. The van der Waals surface area contributed by atoms with Crippen molar-refractivity contribution in [2.24, 2.45) is 5.92 Å². The molecule has 3 amide bonds. The second-order valence-corrected chi connectivity index (χ2v) is 7.60. The fraction of sp³-hybridized carbons (Fsp3) is 0.500. The highest BCUT2D eigenvalue weighted by Gasteiger charge is 2.22. The lowest BCUT2D eigenvalue weighted by Gasteiger charge is -2.31. The highest BCUT2D eigenvalue weighted by atomic mass is 16.2. The van der Waals surface area contributed by atoms with Crippen LogP contribution in [-0.4, -0.2) is 36.5 Å². The maximum Gasteiger partial charge on any atom is 0.319 e. The van der Waals surface area contributed by atoms with E-state index in [-0.39, 0.29) is 17.4 Å². The largest absolute Gasteiger partial charge is 0.339 e. The van der Waals surface area contributed by atoms with Gasteiger partial charge in [0.1, 0.15) is 0 Å². The molecule has 1 fully saturated rings. The third kappa shape index (κ3) is 5.34. The number of carbonyl (C=O) groups excluding carboxylic acids is 2. The SMILES string of the molecule is C=CC(=O)N1CCC(CNC(=O)Nc2ccccc2C(C)(C)C)CC1. The summed E-state index contributed by atoms with van der Waals surface area (Å²) in [6.07, 6.45) is 3.16. The van der Waals surface area contributed by atoms with Crippen LogP contribution < -0.4 is 10.6 Å². The van der Waals surface area contributed by atoms with Crippen LogP contribution in [0.5, 0.6) is 0 Å². The number of benzene rings is 1. The molecule has 1 aromatic carbocycles. The molecule has 0 saturated carbocycles. The Balaban J connectivity index is 1.83. The Bertz CT molecular complexity index is 626. The number of nitrogens with zero attached hydrogens (tertiary/aromatic N) is 1. The van der Waals surface area contributed by atoms with E-state index in [1.807, 2.05) is 29.2 Å². The van der Waals surface area contributed by atoms with E-state index in [1.54, 1.807) is 0 Å². The molecule has 0 radical (unpaired) electrons. The number of anilines is 1. The molecule has 0 atom stereocenters. The highest BCUT2D eigenvalue weighted by Crippen LogP contribution is 2.29. The zero-order valence-corrected chi connectivity index (χ0v) is 15.5. The first-order valence-electron chi connectivity index (χ1n) is 8.87. The Labute approximate surface area is 150 Å². The molecule has 0 aliphatic carbocycles. The number of urea groups is 1. The average molecular weight is 343 g/mol. The number of carbonyl (C=O) groups is 2. The summed E-state index contributed by atoms with van der Waals surface area (Å²) in [7, 11) is 0. The normalized spacial score (nSPS) is 15.6. The summed E-state index contributed by atoms with van der Waals surface area (Å²) in [6.45, 7) is 12.0. The van der Waals surface area contributed by atoms with E-state index < -0.39 is 0 Å². The van der Waals surface area contributed by atoms with E-state index in [9.17, 15) is 9.59 Å². The monoisotopic (exact) mass is 343 g/mol. The smallest absolute Gasteiger partial charge is 0.319 e. The first-order chi connectivity index (χ1) is 11.8. The summed E-state index contributed by atoms with van der Waals surface area (Å²) in [4.78, 5) is 25.6. The van der Waals surface area contributed by atoms with E-state index >= 15 is 0 Å². The van der Waals surface area contributed by atoms with Crippen LogP contribution in [0.2, 0.25) is 0 Å². The Morgan fingerprint density at radius 3 is 2.48 bits per heavy atom. The molecule has 5 nitrogen and oxygen atoms in total. The zero-order chi connectivity index (χ0) is 18.4. The van der Waals surface area contributed by atoms with Gasteiger partial charge in [-0.15, -0.1) is 0 Å². The summed E-state index contributed by atoms with van der Waals surface area (Å²) in [5.41, 5.74) is 1.93. The zero-order valence-electron chi connectivity index (χ0n) is 15.5. The summed E-state index contributed by atoms with van der Waals surface area (Å²) < 4.78 is 0. The van der Waals surface area contributed by atoms with Crippen molar-refractivity contribution in [2.45, 2.75) is 39.0 Å². The van der Waals surface area contributed by atoms with Gasteiger partial charge in [0.05, 0.1) is 0 Å². The number of amides is 3. The molecule has 136 valence electrons. The number of rotatable bonds is 4. The Kier molecular flexibility index (Phi) is 6.23. The molecule has 1 heterocycles. The molecule has 0 spiro atoms. The van der Waals surface area contributed by atoms with Gasteiger partial charge in [0, 0.05) is 25.3 Å². The molecule has 0 unspecified atom stereocenters. The first kappa shape index (κ1) is 19.0. The van der Waals surface area contributed by atoms with E-state index in [1.165, 1.54) is 6.08 Å². The minimum absolute atomic E-state index is 0.0112. The lowest BCUT2D eigenvalue weighted by Crippen LogP contribution is -2.41. The number of para-hydroxylation sites is 1. The van der Waals surface area contributed by atoms with E-state index in [4.69, 9.17) is 0 Å². The Hall–Kier alpha value is -2.30. The van der Waals surface area contributed by atoms with Crippen molar-refractivity contribution in [2.75, 3.05) is 25.0 Å². The minimum atomic E-state index is -0.179. The second kappa shape index (κ2) is 8.19. The molecule has 2 N–H and O–H groups in total. The van der Waals surface area contributed by atoms with Gasteiger partial charge in [-0.1, -0.05) is 45.5 Å². The Morgan fingerprint density at radius 2 is 1.88 bits per heavy atom. The molecule has 5 heteroatoms. The topological polar surface area (TPSA) is 61.4 Å². The number of nitrogens with one attached hydrogen (secondary N) is 2. The van der Waals surface area contributed by atoms with Gasteiger partial charge in [0.2, 0.25) is 5.91 Å². The quantitative estimate of drug-likeness (QED) is 0.822. The van der Waals surface area contributed by atoms with Crippen molar-refractivity contribution in [1.29, 1.82) is 0 Å². The molecular weight excluding hydrogens is 314 g/mol. The van der Waals surface area contributed by atoms with Crippen LogP contribution in [0.15, 0.2) is 36.9 Å². The van der Waals surface area contributed by atoms with Crippen molar-refractivity contribution in [1.82, 2.24) is 10.2 Å². The molecule has 0 aromatic heterocycles. The van der Waals surface area contributed by atoms with Crippen LogP contribution in [0.3, 0.4) is 0 Å². The van der Waals surface area contributed by atoms with Gasteiger partial charge in [-0.25, -0.2) is 4.79 Å². The summed E-state index contributed by atoms with van der Waals surface area (Å²) in [5.74, 6) is 0.389. The second-order valence-electron chi connectivity index (χ2n) is 7.60. The lowest BCUT2D eigenvalue weighted by molar-refractivity contribution is -0.127. The van der Waals surface area contributed by atoms with Crippen LogP contribution in [0, 0.1) is 5.92 Å². The summed E-state index contributed by atoms with van der Waals surface area (Å²) >= 11 is 0. The van der Waals surface area contributed by atoms with E-state index in [2.05, 4.69) is 38.0 Å².